The maximum Gasteiger partial charge on any atom is 0.261 e. The molecule has 5 heteroatoms. The van der Waals surface area contributed by atoms with Crippen molar-refractivity contribution in [3.05, 3.63) is 52.2 Å². The molecular weight excluding hydrogens is 318 g/mol. The summed E-state index contributed by atoms with van der Waals surface area (Å²) in [5, 5.41) is 5.08. The van der Waals surface area contributed by atoms with E-state index in [9.17, 15) is 4.79 Å². The van der Waals surface area contributed by atoms with Gasteiger partial charge in [0.1, 0.15) is 6.04 Å². The van der Waals surface area contributed by atoms with E-state index in [0.29, 0.717) is 12.6 Å². The molecular formula is C19H26N3OS+. The van der Waals surface area contributed by atoms with E-state index < -0.39 is 0 Å². The average Bonchev–Trinajstić information content (AvgIpc) is 3.29. The molecule has 0 bridgehead atoms. The van der Waals surface area contributed by atoms with Crippen molar-refractivity contribution in [2.75, 3.05) is 38.6 Å². The van der Waals surface area contributed by atoms with E-state index in [1.165, 1.54) is 48.5 Å². The summed E-state index contributed by atoms with van der Waals surface area (Å²) >= 11 is 1.49. The van der Waals surface area contributed by atoms with Crippen LogP contribution in [-0.2, 0) is 0 Å². The van der Waals surface area contributed by atoms with Gasteiger partial charge in [0.05, 0.1) is 24.5 Å². The molecule has 2 heterocycles. The summed E-state index contributed by atoms with van der Waals surface area (Å²) in [6, 6.07) is 12.9. The van der Waals surface area contributed by atoms with Crippen molar-refractivity contribution in [3.8, 4) is 0 Å². The summed E-state index contributed by atoms with van der Waals surface area (Å²) in [4.78, 5) is 16.8. The molecule has 0 radical (unpaired) electrons. The molecule has 1 atom stereocenters. The van der Waals surface area contributed by atoms with E-state index >= 15 is 0 Å². The van der Waals surface area contributed by atoms with Gasteiger partial charge in [0.2, 0.25) is 0 Å². The Kier molecular flexibility index (Phi) is 5.53. The summed E-state index contributed by atoms with van der Waals surface area (Å²) in [7, 11) is 4.11. The number of hydrogen-bond donors (Lipinski definition) is 2. The van der Waals surface area contributed by atoms with Crippen molar-refractivity contribution in [3.63, 3.8) is 0 Å². The first-order chi connectivity index (χ1) is 11.6. The van der Waals surface area contributed by atoms with Crippen molar-refractivity contribution < 1.29 is 9.69 Å². The maximum atomic E-state index is 12.3. The normalized spacial score (nSPS) is 16.1. The van der Waals surface area contributed by atoms with Crippen LogP contribution in [0.1, 0.15) is 34.1 Å². The molecule has 1 aromatic carbocycles. The Morgan fingerprint density at radius 1 is 1.21 bits per heavy atom. The van der Waals surface area contributed by atoms with E-state index in [0.717, 1.165) is 4.88 Å². The van der Waals surface area contributed by atoms with Crippen LogP contribution in [0.3, 0.4) is 0 Å². The number of nitrogens with zero attached hydrogens (tertiary/aromatic N) is 1. The van der Waals surface area contributed by atoms with Gasteiger partial charge in [-0.3, -0.25) is 4.79 Å². The molecule has 1 fully saturated rings. The van der Waals surface area contributed by atoms with Crippen LogP contribution in [0.4, 0.5) is 5.69 Å². The Morgan fingerprint density at radius 3 is 2.50 bits per heavy atom. The third-order valence-corrected chi connectivity index (χ3v) is 5.63. The van der Waals surface area contributed by atoms with Crippen molar-refractivity contribution in [1.82, 2.24) is 5.32 Å². The van der Waals surface area contributed by atoms with Crippen LogP contribution in [-0.4, -0.2) is 39.6 Å². The highest BCUT2D eigenvalue weighted by Gasteiger charge is 2.28. The number of amides is 1. The lowest BCUT2D eigenvalue weighted by atomic mass is 10.0. The molecule has 1 aliphatic rings. The number of likely N-dealkylation sites (tertiary alicyclic amines) is 1. The predicted octanol–water partition coefficient (Wildman–Crippen LogP) is 1.96. The Morgan fingerprint density at radius 2 is 1.92 bits per heavy atom. The topological polar surface area (TPSA) is 36.8 Å². The first-order valence-electron chi connectivity index (χ1n) is 8.58. The van der Waals surface area contributed by atoms with Crippen LogP contribution in [0.5, 0.6) is 0 Å². The van der Waals surface area contributed by atoms with Gasteiger partial charge in [0.15, 0.2) is 0 Å². The summed E-state index contributed by atoms with van der Waals surface area (Å²) in [6.45, 7) is 3.07. The Balaban J connectivity index is 1.72. The number of carbonyl (C=O) groups excluding carboxylic acids is 1. The zero-order chi connectivity index (χ0) is 16.9. The van der Waals surface area contributed by atoms with Gasteiger partial charge in [-0.25, -0.2) is 0 Å². The van der Waals surface area contributed by atoms with Crippen LogP contribution in [0.2, 0.25) is 0 Å². The zero-order valence-corrected chi connectivity index (χ0v) is 15.2. The molecule has 3 rings (SSSR count). The van der Waals surface area contributed by atoms with Crippen LogP contribution in [0.15, 0.2) is 41.8 Å². The molecule has 1 saturated heterocycles. The van der Waals surface area contributed by atoms with Crippen molar-refractivity contribution >= 4 is 22.9 Å². The number of thiophene rings is 1. The third-order valence-electron chi connectivity index (χ3n) is 4.76. The smallest absolute Gasteiger partial charge is 0.261 e. The molecule has 1 aromatic heterocycles. The molecule has 1 aliphatic heterocycles. The van der Waals surface area contributed by atoms with Gasteiger partial charge in [-0.05, 0) is 23.6 Å². The minimum absolute atomic E-state index is 0.0403. The zero-order valence-electron chi connectivity index (χ0n) is 14.4. The second-order valence-corrected chi connectivity index (χ2v) is 7.54. The highest BCUT2D eigenvalue weighted by Crippen LogP contribution is 2.17. The Labute approximate surface area is 148 Å². The molecule has 2 aromatic rings. The maximum absolute atomic E-state index is 12.3. The lowest BCUT2D eigenvalue weighted by Crippen LogP contribution is -3.11. The van der Waals surface area contributed by atoms with Gasteiger partial charge in [0.25, 0.3) is 5.91 Å². The molecule has 24 heavy (non-hydrogen) atoms. The largest absolute Gasteiger partial charge is 0.378 e. The minimum atomic E-state index is 0.0403. The summed E-state index contributed by atoms with van der Waals surface area (Å²) in [6.07, 6.45) is 2.56. The first kappa shape index (κ1) is 17.0. The molecule has 1 amide bonds. The van der Waals surface area contributed by atoms with Crippen LogP contribution in [0, 0.1) is 0 Å². The molecule has 4 nitrogen and oxygen atoms in total. The second kappa shape index (κ2) is 7.81. The van der Waals surface area contributed by atoms with Gasteiger partial charge in [-0.2, -0.15) is 0 Å². The third kappa shape index (κ3) is 3.97. The van der Waals surface area contributed by atoms with Gasteiger partial charge in [0, 0.05) is 38.2 Å². The monoisotopic (exact) mass is 344 g/mol. The predicted molar refractivity (Wildman–Crippen MR) is 100 cm³/mol. The Hall–Kier alpha value is -1.85. The SMILES string of the molecule is CN(C)c1ccc([C@@H](CNC(=O)c2cccs2)[NH+]2CCCC2)cc1. The number of carbonyl (C=O) groups is 1. The van der Waals surface area contributed by atoms with Crippen molar-refractivity contribution in [2.45, 2.75) is 18.9 Å². The van der Waals surface area contributed by atoms with Gasteiger partial charge >= 0.3 is 0 Å². The number of anilines is 1. The number of hydrogen-bond acceptors (Lipinski definition) is 3. The highest BCUT2D eigenvalue weighted by atomic mass is 32.1. The quantitative estimate of drug-likeness (QED) is 0.841. The standard InChI is InChI=1S/C19H25N3OS/c1-21(2)16-9-7-15(8-10-16)17(22-11-3-4-12-22)14-20-19(23)18-6-5-13-24-18/h5-10,13,17H,3-4,11-12,14H2,1-2H3,(H,20,23)/p+1/t17-/m1/s1. The molecule has 0 aliphatic carbocycles. The van der Waals surface area contributed by atoms with E-state index in [4.69, 9.17) is 0 Å². The minimum Gasteiger partial charge on any atom is -0.378 e. The van der Waals surface area contributed by atoms with E-state index in [-0.39, 0.29) is 5.91 Å². The van der Waals surface area contributed by atoms with E-state index in [1.54, 1.807) is 4.90 Å². The fraction of sp³-hybridized carbons (Fsp3) is 0.421. The van der Waals surface area contributed by atoms with E-state index in [1.807, 2.05) is 17.5 Å². The lowest BCUT2D eigenvalue weighted by molar-refractivity contribution is -0.918. The van der Waals surface area contributed by atoms with Crippen LogP contribution < -0.4 is 15.1 Å². The molecule has 0 spiro atoms. The fourth-order valence-electron chi connectivity index (χ4n) is 3.37. The number of rotatable bonds is 6. The van der Waals surface area contributed by atoms with Crippen LogP contribution in [0.25, 0.3) is 0 Å². The highest BCUT2D eigenvalue weighted by molar-refractivity contribution is 7.12. The summed E-state index contributed by atoms with van der Waals surface area (Å²) in [5.41, 5.74) is 2.51. The average molecular weight is 345 g/mol. The Bertz CT molecular complexity index is 646. The second-order valence-electron chi connectivity index (χ2n) is 6.59. The number of nitrogens with one attached hydrogen (secondary N) is 2. The molecule has 0 unspecified atom stereocenters. The molecule has 128 valence electrons. The first-order valence-corrected chi connectivity index (χ1v) is 9.46. The van der Waals surface area contributed by atoms with Gasteiger partial charge in [-0.15, -0.1) is 11.3 Å². The number of quaternary nitrogens is 1. The summed E-state index contributed by atoms with van der Waals surface area (Å²) in [5.74, 6) is 0.0403. The molecule has 0 saturated carbocycles. The van der Waals surface area contributed by atoms with Gasteiger partial charge in [-0.1, -0.05) is 18.2 Å². The van der Waals surface area contributed by atoms with Gasteiger partial charge < -0.3 is 15.1 Å². The fourth-order valence-corrected chi connectivity index (χ4v) is 4.01. The van der Waals surface area contributed by atoms with Crippen LogP contribution >= 0.6 is 11.3 Å². The van der Waals surface area contributed by atoms with Crippen molar-refractivity contribution in [2.24, 2.45) is 0 Å². The molecule has 2 N–H and O–H groups in total. The number of benzene rings is 1. The lowest BCUT2D eigenvalue weighted by Gasteiger charge is -2.25. The summed E-state index contributed by atoms with van der Waals surface area (Å²) < 4.78 is 0. The van der Waals surface area contributed by atoms with Crippen molar-refractivity contribution in [1.29, 1.82) is 0 Å². The van der Waals surface area contributed by atoms with E-state index in [2.05, 4.69) is 48.6 Å².